The fourth-order valence-corrected chi connectivity index (χ4v) is 2.07. The van der Waals surface area contributed by atoms with Gasteiger partial charge in [0.1, 0.15) is 6.04 Å². The van der Waals surface area contributed by atoms with Crippen molar-refractivity contribution in [2.24, 2.45) is 0 Å². The third-order valence-corrected chi connectivity index (χ3v) is 3.26. The minimum Gasteiger partial charge on any atom is -0.480 e. The van der Waals surface area contributed by atoms with E-state index in [9.17, 15) is 14.4 Å². The monoisotopic (exact) mass is 297 g/mol. The summed E-state index contributed by atoms with van der Waals surface area (Å²) in [5.74, 6) is -2.49. The van der Waals surface area contributed by atoms with Crippen LogP contribution in [0.25, 0.3) is 0 Å². The van der Waals surface area contributed by atoms with Crippen LogP contribution in [-0.2, 0) is 4.79 Å². The molecule has 0 radical (unpaired) electrons. The van der Waals surface area contributed by atoms with Crippen LogP contribution < -0.4 is 5.32 Å². The minimum absolute atomic E-state index is 0.0459. The van der Waals surface area contributed by atoms with Crippen LogP contribution in [0.4, 0.5) is 0 Å². The maximum absolute atomic E-state index is 12.0. The molecule has 0 spiro atoms. The number of rotatable bonds is 7. The smallest absolute Gasteiger partial charge is 0.336 e. The molecular formula is C13H15NO5S. The van der Waals surface area contributed by atoms with Crippen molar-refractivity contribution in [2.75, 3.05) is 12.0 Å². The van der Waals surface area contributed by atoms with Crippen LogP contribution in [-0.4, -0.2) is 46.1 Å². The highest BCUT2D eigenvalue weighted by molar-refractivity contribution is 7.98. The molecule has 0 saturated carbocycles. The zero-order valence-corrected chi connectivity index (χ0v) is 11.6. The highest BCUT2D eigenvalue weighted by atomic mass is 32.2. The van der Waals surface area contributed by atoms with E-state index in [1.807, 2.05) is 6.26 Å². The number of carbonyl (C=O) groups is 3. The van der Waals surface area contributed by atoms with Gasteiger partial charge in [0.2, 0.25) is 0 Å². The molecule has 0 aliphatic carbocycles. The molecule has 0 aromatic heterocycles. The molecule has 20 heavy (non-hydrogen) atoms. The summed E-state index contributed by atoms with van der Waals surface area (Å²) in [6.45, 7) is 0. The van der Waals surface area contributed by atoms with E-state index < -0.39 is 23.9 Å². The lowest BCUT2D eigenvalue weighted by atomic mass is 10.1. The topological polar surface area (TPSA) is 104 Å². The number of hydrogen-bond donors (Lipinski definition) is 3. The molecule has 1 aromatic carbocycles. The lowest BCUT2D eigenvalue weighted by Crippen LogP contribution is -2.41. The van der Waals surface area contributed by atoms with E-state index in [1.54, 1.807) is 0 Å². The van der Waals surface area contributed by atoms with Crippen molar-refractivity contribution >= 4 is 29.6 Å². The molecule has 1 aromatic rings. The van der Waals surface area contributed by atoms with Crippen molar-refractivity contribution in [3.05, 3.63) is 35.4 Å². The molecule has 1 amide bonds. The van der Waals surface area contributed by atoms with Crippen molar-refractivity contribution in [2.45, 2.75) is 12.5 Å². The molecule has 0 saturated heterocycles. The van der Waals surface area contributed by atoms with Crippen molar-refractivity contribution in [3.63, 3.8) is 0 Å². The Morgan fingerprint density at radius 3 is 2.30 bits per heavy atom. The maximum atomic E-state index is 12.0. The highest BCUT2D eigenvalue weighted by Crippen LogP contribution is 2.10. The van der Waals surface area contributed by atoms with Crippen molar-refractivity contribution < 1.29 is 24.6 Å². The Morgan fingerprint density at radius 2 is 1.80 bits per heavy atom. The first-order valence-corrected chi connectivity index (χ1v) is 7.21. The Kier molecular flexibility index (Phi) is 6.05. The summed E-state index contributed by atoms with van der Waals surface area (Å²) >= 11 is 1.47. The molecule has 3 N–H and O–H groups in total. The summed E-state index contributed by atoms with van der Waals surface area (Å²) in [6, 6.07) is 4.65. The van der Waals surface area contributed by atoms with Gasteiger partial charge < -0.3 is 15.5 Å². The van der Waals surface area contributed by atoms with Gasteiger partial charge in [-0.05, 0) is 30.6 Å². The molecule has 1 rings (SSSR count). The molecule has 0 aliphatic rings. The van der Waals surface area contributed by atoms with Crippen LogP contribution >= 0.6 is 11.8 Å². The van der Waals surface area contributed by atoms with Crippen molar-refractivity contribution in [3.8, 4) is 0 Å². The molecule has 6 nitrogen and oxygen atoms in total. The summed E-state index contributed by atoms with van der Waals surface area (Å²) < 4.78 is 0. The number of nitrogens with one attached hydrogen (secondary N) is 1. The normalized spacial score (nSPS) is 11.7. The quantitative estimate of drug-likeness (QED) is 0.701. The molecule has 108 valence electrons. The third-order valence-electron chi connectivity index (χ3n) is 2.62. The number of aliphatic carboxylic acids is 1. The Balaban J connectivity index is 2.89. The van der Waals surface area contributed by atoms with Gasteiger partial charge >= 0.3 is 11.9 Å². The van der Waals surface area contributed by atoms with Crippen LogP contribution in [0.3, 0.4) is 0 Å². The highest BCUT2D eigenvalue weighted by Gasteiger charge is 2.22. The average molecular weight is 297 g/mol. The van der Waals surface area contributed by atoms with Gasteiger partial charge in [-0.2, -0.15) is 11.8 Å². The first kappa shape index (κ1) is 16.0. The van der Waals surface area contributed by atoms with Gasteiger partial charge in [0.25, 0.3) is 5.91 Å². The van der Waals surface area contributed by atoms with Crippen molar-refractivity contribution in [1.82, 2.24) is 5.32 Å². The predicted molar refractivity (Wildman–Crippen MR) is 75.3 cm³/mol. The number of thioether (sulfide) groups is 1. The van der Waals surface area contributed by atoms with E-state index in [0.717, 1.165) is 0 Å². The Bertz CT molecular complexity index is 517. The van der Waals surface area contributed by atoms with Crippen molar-refractivity contribution in [1.29, 1.82) is 0 Å². The molecule has 0 fully saturated rings. The fraction of sp³-hybridized carbons (Fsp3) is 0.308. The number of carboxylic acid groups (broad SMARTS) is 2. The van der Waals surface area contributed by atoms with E-state index in [0.29, 0.717) is 5.75 Å². The number of carbonyl (C=O) groups excluding carboxylic acids is 1. The van der Waals surface area contributed by atoms with E-state index in [4.69, 9.17) is 10.2 Å². The molecule has 1 unspecified atom stereocenters. The SMILES string of the molecule is CSCCC(NC(=O)c1ccccc1C(=O)O)C(=O)O. The molecule has 0 bridgehead atoms. The summed E-state index contributed by atoms with van der Waals surface area (Å²) in [4.78, 5) is 34.1. The Morgan fingerprint density at radius 1 is 1.20 bits per heavy atom. The second-order valence-electron chi connectivity index (χ2n) is 4.00. The summed E-state index contributed by atoms with van der Waals surface area (Å²) in [7, 11) is 0. The first-order valence-electron chi connectivity index (χ1n) is 5.82. The lowest BCUT2D eigenvalue weighted by Gasteiger charge is -2.14. The second-order valence-corrected chi connectivity index (χ2v) is 4.98. The van der Waals surface area contributed by atoms with Gasteiger partial charge in [-0.25, -0.2) is 9.59 Å². The maximum Gasteiger partial charge on any atom is 0.336 e. The zero-order chi connectivity index (χ0) is 15.1. The molecular weight excluding hydrogens is 282 g/mol. The number of aromatic carboxylic acids is 1. The van der Waals surface area contributed by atoms with Gasteiger partial charge in [0, 0.05) is 0 Å². The van der Waals surface area contributed by atoms with Gasteiger partial charge in [-0.3, -0.25) is 4.79 Å². The minimum atomic E-state index is -1.23. The third kappa shape index (κ3) is 4.27. The number of carboxylic acids is 2. The molecule has 0 aliphatic heterocycles. The van der Waals surface area contributed by atoms with Crippen LogP contribution in [0.15, 0.2) is 24.3 Å². The molecule has 7 heteroatoms. The van der Waals surface area contributed by atoms with Gasteiger partial charge in [0.05, 0.1) is 11.1 Å². The lowest BCUT2D eigenvalue weighted by molar-refractivity contribution is -0.139. The molecule has 1 atom stereocenters. The van der Waals surface area contributed by atoms with Crippen LogP contribution in [0.5, 0.6) is 0 Å². The van der Waals surface area contributed by atoms with Gasteiger partial charge in [-0.1, -0.05) is 12.1 Å². The molecule has 0 heterocycles. The van der Waals surface area contributed by atoms with Crippen LogP contribution in [0, 0.1) is 0 Å². The van der Waals surface area contributed by atoms with Crippen LogP contribution in [0.1, 0.15) is 27.1 Å². The number of benzene rings is 1. The fourth-order valence-electron chi connectivity index (χ4n) is 1.60. The van der Waals surface area contributed by atoms with E-state index >= 15 is 0 Å². The Hall–Kier alpha value is -2.02. The van der Waals surface area contributed by atoms with E-state index in [2.05, 4.69) is 5.32 Å². The first-order chi connectivity index (χ1) is 9.47. The standard InChI is InChI=1S/C13H15NO5S/c1-20-7-6-10(13(18)19)14-11(15)8-4-2-3-5-9(8)12(16)17/h2-5,10H,6-7H2,1H3,(H,14,15)(H,16,17)(H,18,19). The Labute approximate surface area is 120 Å². The number of hydrogen-bond acceptors (Lipinski definition) is 4. The van der Waals surface area contributed by atoms with E-state index in [1.165, 1.54) is 36.0 Å². The zero-order valence-electron chi connectivity index (χ0n) is 10.8. The number of amides is 1. The predicted octanol–water partition coefficient (Wildman–Crippen LogP) is 1.32. The summed E-state index contributed by atoms with van der Waals surface area (Å²) in [5, 5.41) is 20.4. The average Bonchev–Trinajstić information content (AvgIpc) is 2.42. The summed E-state index contributed by atoms with van der Waals surface area (Å²) in [6.07, 6.45) is 2.11. The second kappa shape index (κ2) is 7.54. The van der Waals surface area contributed by atoms with E-state index in [-0.39, 0.29) is 17.5 Å². The van der Waals surface area contributed by atoms with Gasteiger partial charge in [0.15, 0.2) is 0 Å². The summed E-state index contributed by atoms with van der Waals surface area (Å²) in [5.41, 5.74) is -0.200. The largest absolute Gasteiger partial charge is 0.480 e. The van der Waals surface area contributed by atoms with Crippen LogP contribution in [0.2, 0.25) is 0 Å². The van der Waals surface area contributed by atoms with Gasteiger partial charge in [-0.15, -0.1) is 0 Å².